The first kappa shape index (κ1) is 11.2. The molecule has 2 N–H and O–H groups in total. The van der Waals surface area contributed by atoms with Crippen LogP contribution in [0.15, 0.2) is 23.3 Å². The van der Waals surface area contributed by atoms with Crippen molar-refractivity contribution in [2.24, 2.45) is 5.73 Å². The Hall–Kier alpha value is -1.33. The van der Waals surface area contributed by atoms with E-state index in [1.54, 1.807) is 16.8 Å². The molecule has 2 aromatic heterocycles. The highest BCUT2D eigenvalue weighted by molar-refractivity contribution is 7.07. The maximum Gasteiger partial charge on any atom is 0.178 e. The van der Waals surface area contributed by atoms with Gasteiger partial charge in [-0.2, -0.15) is 0 Å². The molecule has 2 rings (SSSR count). The fraction of sp³-hybridized carbons (Fsp3) is 0.364. The molecule has 1 unspecified atom stereocenters. The van der Waals surface area contributed by atoms with E-state index in [1.807, 2.05) is 17.8 Å². The number of hydrogen-bond donors (Lipinski definition) is 1. The quantitative estimate of drug-likeness (QED) is 0.877. The van der Waals surface area contributed by atoms with Crippen LogP contribution in [0.5, 0.6) is 0 Å². The predicted molar refractivity (Wildman–Crippen MR) is 65.1 cm³/mol. The summed E-state index contributed by atoms with van der Waals surface area (Å²) in [4.78, 5) is 12.7. The van der Waals surface area contributed by atoms with Crippen LogP contribution in [-0.2, 0) is 6.42 Å². The van der Waals surface area contributed by atoms with E-state index in [2.05, 4.69) is 21.9 Å². The van der Waals surface area contributed by atoms with E-state index in [0.717, 1.165) is 24.1 Å². The Bertz CT molecular complexity index is 424. The Balaban J connectivity index is 2.11. The molecular weight excluding hydrogens is 220 g/mol. The Labute approximate surface area is 98.6 Å². The van der Waals surface area contributed by atoms with E-state index in [1.165, 1.54) is 0 Å². The van der Waals surface area contributed by atoms with Crippen molar-refractivity contribution in [3.63, 3.8) is 0 Å². The van der Waals surface area contributed by atoms with Crippen LogP contribution in [0.25, 0.3) is 11.5 Å². The largest absolute Gasteiger partial charge is 0.327 e. The molecule has 5 heteroatoms. The smallest absolute Gasteiger partial charge is 0.178 e. The van der Waals surface area contributed by atoms with Crippen LogP contribution in [0.4, 0.5) is 0 Å². The van der Waals surface area contributed by atoms with Gasteiger partial charge in [-0.1, -0.05) is 6.92 Å². The fourth-order valence-electron chi connectivity index (χ4n) is 1.36. The van der Waals surface area contributed by atoms with Crippen LogP contribution in [0.2, 0.25) is 0 Å². The van der Waals surface area contributed by atoms with Crippen molar-refractivity contribution in [2.75, 3.05) is 0 Å². The molecule has 0 aliphatic rings. The molecule has 2 heterocycles. The van der Waals surface area contributed by atoms with Crippen LogP contribution in [0.3, 0.4) is 0 Å². The summed E-state index contributed by atoms with van der Waals surface area (Å²) in [6, 6.07) is 0.189. The minimum absolute atomic E-state index is 0.189. The molecule has 0 bridgehead atoms. The molecular formula is C11H14N4S. The molecule has 0 fully saturated rings. The summed E-state index contributed by atoms with van der Waals surface area (Å²) in [7, 11) is 0. The lowest BCUT2D eigenvalue weighted by Crippen LogP contribution is -2.21. The lowest BCUT2D eigenvalue weighted by molar-refractivity contribution is 0.643. The van der Waals surface area contributed by atoms with Crippen LogP contribution in [0, 0.1) is 0 Å². The molecule has 1 atom stereocenters. The molecule has 0 aliphatic carbocycles. The summed E-state index contributed by atoms with van der Waals surface area (Å²) in [6.45, 7) is 2.08. The molecule has 0 amide bonds. The highest BCUT2D eigenvalue weighted by Crippen LogP contribution is 2.14. The Morgan fingerprint density at radius 2 is 2.06 bits per heavy atom. The average molecular weight is 234 g/mol. The Kier molecular flexibility index (Phi) is 3.58. The van der Waals surface area contributed by atoms with Gasteiger partial charge in [0, 0.05) is 23.8 Å². The molecule has 0 radical (unpaired) electrons. The zero-order valence-corrected chi connectivity index (χ0v) is 9.94. The van der Waals surface area contributed by atoms with Crippen molar-refractivity contribution >= 4 is 11.3 Å². The lowest BCUT2D eigenvalue weighted by Gasteiger charge is -2.07. The van der Waals surface area contributed by atoms with Gasteiger partial charge in [-0.3, -0.25) is 0 Å². The van der Waals surface area contributed by atoms with E-state index in [0.29, 0.717) is 5.82 Å². The van der Waals surface area contributed by atoms with Gasteiger partial charge in [0.15, 0.2) is 5.82 Å². The van der Waals surface area contributed by atoms with E-state index >= 15 is 0 Å². The van der Waals surface area contributed by atoms with Crippen molar-refractivity contribution in [3.05, 3.63) is 28.8 Å². The van der Waals surface area contributed by atoms with Gasteiger partial charge in [0.1, 0.15) is 5.69 Å². The van der Waals surface area contributed by atoms with Crippen molar-refractivity contribution in [1.29, 1.82) is 0 Å². The summed E-state index contributed by atoms with van der Waals surface area (Å²) in [5.74, 6) is 0.676. The van der Waals surface area contributed by atoms with E-state index in [-0.39, 0.29) is 6.04 Å². The summed E-state index contributed by atoms with van der Waals surface area (Å²) in [5.41, 5.74) is 9.56. The van der Waals surface area contributed by atoms with Gasteiger partial charge in [-0.15, -0.1) is 11.3 Å². The Morgan fingerprint density at radius 1 is 1.31 bits per heavy atom. The van der Waals surface area contributed by atoms with Crippen molar-refractivity contribution in [1.82, 2.24) is 15.0 Å². The molecule has 84 valence electrons. The third kappa shape index (κ3) is 2.62. The third-order valence-electron chi connectivity index (χ3n) is 2.39. The molecule has 0 aromatic carbocycles. The van der Waals surface area contributed by atoms with Gasteiger partial charge in [-0.25, -0.2) is 15.0 Å². The first-order chi connectivity index (χ1) is 7.79. The second-order valence-electron chi connectivity index (χ2n) is 3.66. The molecule has 4 nitrogen and oxygen atoms in total. The zero-order chi connectivity index (χ0) is 11.4. The maximum absolute atomic E-state index is 5.87. The average Bonchev–Trinajstić information content (AvgIpc) is 2.83. The molecule has 2 aromatic rings. The number of nitrogens with two attached hydrogens (primary N) is 1. The van der Waals surface area contributed by atoms with Crippen molar-refractivity contribution in [2.45, 2.75) is 25.8 Å². The molecule has 0 aliphatic heterocycles. The van der Waals surface area contributed by atoms with Crippen molar-refractivity contribution in [3.8, 4) is 11.5 Å². The number of rotatable bonds is 4. The first-order valence-corrected chi connectivity index (χ1v) is 6.19. The molecule has 16 heavy (non-hydrogen) atoms. The summed E-state index contributed by atoms with van der Waals surface area (Å²) < 4.78 is 0. The lowest BCUT2D eigenvalue weighted by atomic mass is 10.1. The SMILES string of the molecule is CCC(N)Cc1cnc(-c2cscn2)nc1. The van der Waals surface area contributed by atoms with Crippen molar-refractivity contribution < 1.29 is 0 Å². The summed E-state index contributed by atoms with van der Waals surface area (Å²) >= 11 is 1.54. The van der Waals surface area contributed by atoms with Gasteiger partial charge in [0.05, 0.1) is 5.51 Å². The first-order valence-electron chi connectivity index (χ1n) is 5.24. The minimum atomic E-state index is 0.189. The Morgan fingerprint density at radius 3 is 2.62 bits per heavy atom. The highest BCUT2D eigenvalue weighted by Gasteiger charge is 2.05. The van der Waals surface area contributed by atoms with E-state index in [4.69, 9.17) is 5.73 Å². The monoisotopic (exact) mass is 234 g/mol. The second kappa shape index (κ2) is 5.14. The molecule has 0 spiro atoms. The summed E-state index contributed by atoms with van der Waals surface area (Å²) in [6.07, 6.45) is 5.45. The third-order valence-corrected chi connectivity index (χ3v) is 2.98. The number of nitrogens with zero attached hydrogens (tertiary/aromatic N) is 3. The summed E-state index contributed by atoms with van der Waals surface area (Å²) in [5, 5.41) is 1.94. The van der Waals surface area contributed by atoms with Crippen LogP contribution in [0.1, 0.15) is 18.9 Å². The second-order valence-corrected chi connectivity index (χ2v) is 4.38. The molecule has 0 saturated carbocycles. The fourth-order valence-corrected chi connectivity index (χ4v) is 1.89. The standard InChI is InChI=1S/C11H14N4S/c1-2-9(12)3-8-4-13-11(14-5-8)10-6-16-7-15-10/h4-7,9H,2-3,12H2,1H3. The number of aromatic nitrogens is 3. The van der Waals surface area contributed by atoms with Crippen LogP contribution < -0.4 is 5.73 Å². The zero-order valence-electron chi connectivity index (χ0n) is 9.13. The van der Waals surface area contributed by atoms with Gasteiger partial charge in [0.25, 0.3) is 0 Å². The molecule has 0 saturated heterocycles. The number of hydrogen-bond acceptors (Lipinski definition) is 5. The minimum Gasteiger partial charge on any atom is -0.327 e. The normalized spacial score (nSPS) is 12.6. The van der Waals surface area contributed by atoms with Gasteiger partial charge in [0.2, 0.25) is 0 Å². The highest BCUT2D eigenvalue weighted by atomic mass is 32.1. The van der Waals surface area contributed by atoms with Crippen LogP contribution in [-0.4, -0.2) is 21.0 Å². The van der Waals surface area contributed by atoms with Gasteiger partial charge < -0.3 is 5.73 Å². The van der Waals surface area contributed by atoms with Crippen LogP contribution >= 0.6 is 11.3 Å². The topological polar surface area (TPSA) is 64.7 Å². The predicted octanol–water partition coefficient (Wildman–Crippen LogP) is 1.88. The number of thiazole rings is 1. The van der Waals surface area contributed by atoms with E-state index in [9.17, 15) is 0 Å². The van der Waals surface area contributed by atoms with Gasteiger partial charge >= 0.3 is 0 Å². The van der Waals surface area contributed by atoms with Gasteiger partial charge in [-0.05, 0) is 18.4 Å². The van der Waals surface area contributed by atoms with E-state index < -0.39 is 0 Å². The maximum atomic E-state index is 5.87.